The summed E-state index contributed by atoms with van der Waals surface area (Å²) in [5, 5.41) is 4.02. The van der Waals surface area contributed by atoms with E-state index in [-0.39, 0.29) is 12.4 Å². The lowest BCUT2D eigenvalue weighted by Gasteiger charge is -2.26. The minimum atomic E-state index is 0. The maximum atomic E-state index is 6.18. The van der Waals surface area contributed by atoms with Gasteiger partial charge in [-0.3, -0.25) is 4.90 Å². The van der Waals surface area contributed by atoms with Crippen molar-refractivity contribution in [1.29, 1.82) is 0 Å². The van der Waals surface area contributed by atoms with Crippen molar-refractivity contribution in [2.45, 2.75) is 13.0 Å². The molecule has 1 N–H and O–H groups in total. The van der Waals surface area contributed by atoms with Crippen LogP contribution in [-0.4, -0.2) is 51.4 Å². The molecule has 1 fully saturated rings. The molecule has 0 spiro atoms. The molecule has 0 amide bonds. The van der Waals surface area contributed by atoms with Crippen molar-refractivity contribution in [3.8, 4) is 17.1 Å². The number of furan rings is 1. The Balaban J connectivity index is 0.00000243. The Hall–Kier alpha value is -1.24. The second-order valence-corrected chi connectivity index (χ2v) is 6.51. The summed E-state index contributed by atoms with van der Waals surface area (Å²) in [7, 11) is 1.61. The van der Waals surface area contributed by atoms with Crippen LogP contribution in [0.3, 0.4) is 0 Å². The standard InChI is InChI=1S/C19H25ClN2O3.ClH/c1-23-19-5-3-15(13-17(19)20)18-6-4-16(25-18)14-21-7-2-8-22-9-11-24-12-10-22;/h3-6,13,21H,2,7-12,14H2,1H3;1H. The van der Waals surface area contributed by atoms with Gasteiger partial charge in [0.1, 0.15) is 17.3 Å². The molecule has 1 aliphatic heterocycles. The van der Waals surface area contributed by atoms with Crippen LogP contribution in [0.2, 0.25) is 5.02 Å². The van der Waals surface area contributed by atoms with Crippen molar-refractivity contribution in [2.24, 2.45) is 0 Å². The molecule has 0 saturated carbocycles. The highest BCUT2D eigenvalue weighted by Crippen LogP contribution is 2.31. The van der Waals surface area contributed by atoms with Crippen LogP contribution in [0.25, 0.3) is 11.3 Å². The summed E-state index contributed by atoms with van der Waals surface area (Å²) in [5.74, 6) is 2.40. The van der Waals surface area contributed by atoms with Crippen molar-refractivity contribution in [1.82, 2.24) is 10.2 Å². The number of nitrogens with zero attached hydrogens (tertiary/aromatic N) is 1. The predicted octanol–water partition coefficient (Wildman–Crippen LogP) is 3.84. The Kier molecular flexibility index (Phi) is 8.75. The third kappa shape index (κ3) is 5.89. The van der Waals surface area contributed by atoms with Gasteiger partial charge in [0.15, 0.2) is 0 Å². The Bertz CT molecular complexity index is 673. The molecule has 1 aromatic heterocycles. The molecule has 1 aliphatic rings. The van der Waals surface area contributed by atoms with Gasteiger partial charge in [0.05, 0.1) is 31.9 Å². The molecule has 0 atom stereocenters. The molecule has 2 heterocycles. The monoisotopic (exact) mass is 400 g/mol. The fraction of sp³-hybridized carbons (Fsp3) is 0.474. The van der Waals surface area contributed by atoms with E-state index in [9.17, 15) is 0 Å². The summed E-state index contributed by atoms with van der Waals surface area (Å²) in [5.41, 5.74) is 0.948. The largest absolute Gasteiger partial charge is 0.495 e. The van der Waals surface area contributed by atoms with Crippen molar-refractivity contribution < 1.29 is 13.9 Å². The van der Waals surface area contributed by atoms with Gasteiger partial charge in [0.25, 0.3) is 0 Å². The molecule has 0 bridgehead atoms. The molecular formula is C19H26Cl2N2O3. The van der Waals surface area contributed by atoms with E-state index in [1.54, 1.807) is 7.11 Å². The van der Waals surface area contributed by atoms with E-state index < -0.39 is 0 Å². The van der Waals surface area contributed by atoms with Crippen molar-refractivity contribution in [2.75, 3.05) is 46.5 Å². The first-order valence-electron chi connectivity index (χ1n) is 8.70. The summed E-state index contributed by atoms with van der Waals surface area (Å²) in [6.45, 7) is 6.63. The molecule has 5 nitrogen and oxygen atoms in total. The first-order valence-corrected chi connectivity index (χ1v) is 9.07. The number of halogens is 2. The topological polar surface area (TPSA) is 46.9 Å². The van der Waals surface area contributed by atoms with Crippen LogP contribution in [-0.2, 0) is 11.3 Å². The van der Waals surface area contributed by atoms with Crippen LogP contribution in [0.4, 0.5) is 0 Å². The summed E-state index contributed by atoms with van der Waals surface area (Å²) >= 11 is 6.18. The summed E-state index contributed by atoms with van der Waals surface area (Å²) < 4.78 is 16.4. The summed E-state index contributed by atoms with van der Waals surface area (Å²) in [6, 6.07) is 9.64. The number of ether oxygens (including phenoxy) is 2. The second kappa shape index (κ2) is 10.8. The fourth-order valence-corrected chi connectivity index (χ4v) is 3.17. The molecule has 144 valence electrons. The van der Waals surface area contributed by atoms with Gasteiger partial charge in [-0.05, 0) is 49.8 Å². The number of rotatable bonds is 8. The van der Waals surface area contributed by atoms with Crippen molar-refractivity contribution in [3.63, 3.8) is 0 Å². The van der Waals surface area contributed by atoms with Gasteiger partial charge in [0, 0.05) is 18.7 Å². The number of hydrogen-bond donors (Lipinski definition) is 1. The van der Waals surface area contributed by atoms with E-state index in [1.807, 2.05) is 30.3 Å². The maximum absolute atomic E-state index is 6.18. The quantitative estimate of drug-likeness (QED) is 0.681. The highest BCUT2D eigenvalue weighted by molar-refractivity contribution is 6.32. The van der Waals surface area contributed by atoms with Gasteiger partial charge < -0.3 is 19.2 Å². The fourth-order valence-electron chi connectivity index (χ4n) is 2.91. The van der Waals surface area contributed by atoms with Crippen LogP contribution < -0.4 is 10.1 Å². The lowest BCUT2D eigenvalue weighted by molar-refractivity contribution is 0.0374. The van der Waals surface area contributed by atoms with Crippen LogP contribution in [0.1, 0.15) is 12.2 Å². The first-order chi connectivity index (χ1) is 12.3. The van der Waals surface area contributed by atoms with Gasteiger partial charge in [-0.2, -0.15) is 0 Å². The average molecular weight is 401 g/mol. The van der Waals surface area contributed by atoms with E-state index in [1.165, 1.54) is 0 Å². The van der Waals surface area contributed by atoms with E-state index in [2.05, 4.69) is 10.2 Å². The summed E-state index contributed by atoms with van der Waals surface area (Å²) in [6.07, 6.45) is 1.13. The maximum Gasteiger partial charge on any atom is 0.137 e. The third-order valence-electron chi connectivity index (χ3n) is 4.33. The van der Waals surface area contributed by atoms with Gasteiger partial charge in [0.2, 0.25) is 0 Å². The lowest BCUT2D eigenvalue weighted by atomic mass is 10.2. The number of nitrogens with one attached hydrogen (secondary N) is 1. The number of hydrogen-bond acceptors (Lipinski definition) is 5. The van der Waals surface area contributed by atoms with Crippen LogP contribution in [0, 0.1) is 0 Å². The molecule has 1 aromatic carbocycles. The second-order valence-electron chi connectivity index (χ2n) is 6.10. The van der Waals surface area contributed by atoms with E-state index >= 15 is 0 Å². The lowest BCUT2D eigenvalue weighted by Crippen LogP contribution is -2.37. The van der Waals surface area contributed by atoms with Gasteiger partial charge in [-0.1, -0.05) is 11.6 Å². The van der Waals surface area contributed by atoms with Gasteiger partial charge in [-0.25, -0.2) is 0 Å². The molecule has 26 heavy (non-hydrogen) atoms. The zero-order valence-electron chi connectivity index (χ0n) is 15.0. The predicted molar refractivity (Wildman–Crippen MR) is 107 cm³/mol. The zero-order valence-corrected chi connectivity index (χ0v) is 16.6. The van der Waals surface area contributed by atoms with Crippen molar-refractivity contribution in [3.05, 3.63) is 41.1 Å². The highest BCUT2D eigenvalue weighted by Gasteiger charge is 2.10. The van der Waals surface area contributed by atoms with Crippen LogP contribution >= 0.6 is 24.0 Å². The Morgan fingerprint density at radius 3 is 2.73 bits per heavy atom. The molecule has 0 aliphatic carbocycles. The van der Waals surface area contributed by atoms with Crippen molar-refractivity contribution >= 4 is 24.0 Å². The number of benzene rings is 1. The SMILES string of the molecule is COc1ccc(-c2ccc(CNCCCN3CCOCC3)o2)cc1Cl.Cl. The molecule has 3 rings (SSSR count). The normalized spacial score (nSPS) is 14.8. The average Bonchev–Trinajstić information content (AvgIpc) is 3.11. The minimum absolute atomic E-state index is 0. The van der Waals surface area contributed by atoms with E-state index in [0.29, 0.717) is 10.8 Å². The molecular weight excluding hydrogens is 375 g/mol. The Morgan fingerprint density at radius 1 is 1.19 bits per heavy atom. The molecule has 2 aromatic rings. The summed E-state index contributed by atoms with van der Waals surface area (Å²) in [4.78, 5) is 2.45. The van der Waals surface area contributed by atoms with Crippen LogP contribution in [0.15, 0.2) is 34.7 Å². The molecule has 0 unspecified atom stereocenters. The Morgan fingerprint density at radius 2 is 2.00 bits per heavy atom. The zero-order chi connectivity index (χ0) is 17.5. The number of methoxy groups -OCH3 is 1. The van der Waals surface area contributed by atoms with E-state index in [4.69, 9.17) is 25.5 Å². The molecule has 7 heteroatoms. The van der Waals surface area contributed by atoms with Gasteiger partial charge >= 0.3 is 0 Å². The van der Waals surface area contributed by atoms with E-state index in [0.717, 1.165) is 69.4 Å². The molecule has 0 radical (unpaired) electrons. The highest BCUT2D eigenvalue weighted by atomic mass is 35.5. The smallest absolute Gasteiger partial charge is 0.137 e. The number of morpholine rings is 1. The van der Waals surface area contributed by atoms with Gasteiger partial charge in [-0.15, -0.1) is 12.4 Å². The van der Waals surface area contributed by atoms with Crippen LogP contribution in [0.5, 0.6) is 5.75 Å². The first kappa shape index (κ1) is 21.1. The minimum Gasteiger partial charge on any atom is -0.495 e. The Labute approximate surface area is 166 Å². The molecule has 1 saturated heterocycles. The third-order valence-corrected chi connectivity index (χ3v) is 4.62.